The Bertz CT molecular complexity index is 331. The first kappa shape index (κ1) is 12.4. The second kappa shape index (κ2) is 6.07. The summed E-state index contributed by atoms with van der Waals surface area (Å²) in [7, 11) is 0. The molecule has 2 heteroatoms. The Morgan fingerprint density at radius 2 is 2.06 bits per heavy atom. The van der Waals surface area contributed by atoms with Gasteiger partial charge < -0.3 is 0 Å². The number of benzene rings is 1. The van der Waals surface area contributed by atoms with Gasteiger partial charge in [0.05, 0.1) is 0 Å². The summed E-state index contributed by atoms with van der Waals surface area (Å²) in [5.74, 6) is 0.948. The van der Waals surface area contributed by atoms with Gasteiger partial charge in [0.15, 0.2) is 0 Å². The van der Waals surface area contributed by atoms with Crippen molar-refractivity contribution < 1.29 is 0 Å². The molecule has 0 saturated heterocycles. The SMILES string of the molecule is Clc1cccc(CC(Br)CC2CCCC2)c1. The molecule has 1 saturated carbocycles. The van der Waals surface area contributed by atoms with Gasteiger partial charge in [0, 0.05) is 9.85 Å². The van der Waals surface area contributed by atoms with Crippen LogP contribution in [0, 0.1) is 5.92 Å². The molecule has 0 amide bonds. The van der Waals surface area contributed by atoms with Crippen LogP contribution in [-0.4, -0.2) is 4.83 Å². The second-order valence-electron chi connectivity index (χ2n) is 4.82. The van der Waals surface area contributed by atoms with Crippen molar-refractivity contribution in [2.24, 2.45) is 5.92 Å². The molecule has 0 nitrogen and oxygen atoms in total. The molecule has 1 aromatic carbocycles. The highest BCUT2D eigenvalue weighted by Gasteiger charge is 2.18. The van der Waals surface area contributed by atoms with Crippen LogP contribution in [0.2, 0.25) is 5.02 Å². The summed E-state index contributed by atoms with van der Waals surface area (Å²) in [6.07, 6.45) is 8.13. The van der Waals surface area contributed by atoms with E-state index < -0.39 is 0 Å². The molecular formula is C14H18BrCl. The fourth-order valence-corrected chi connectivity index (χ4v) is 3.73. The summed E-state index contributed by atoms with van der Waals surface area (Å²) in [5, 5.41) is 0.845. The van der Waals surface area contributed by atoms with Crippen molar-refractivity contribution in [3.8, 4) is 0 Å². The monoisotopic (exact) mass is 300 g/mol. The summed E-state index contributed by atoms with van der Waals surface area (Å²) >= 11 is 9.79. The zero-order chi connectivity index (χ0) is 11.4. The van der Waals surface area contributed by atoms with E-state index in [1.165, 1.54) is 37.7 Å². The summed E-state index contributed by atoms with van der Waals surface area (Å²) in [5.41, 5.74) is 1.34. The molecule has 0 spiro atoms. The van der Waals surface area contributed by atoms with Gasteiger partial charge in [-0.2, -0.15) is 0 Å². The van der Waals surface area contributed by atoms with Crippen molar-refractivity contribution in [3.05, 3.63) is 34.9 Å². The van der Waals surface area contributed by atoms with Crippen LogP contribution in [0.3, 0.4) is 0 Å². The van der Waals surface area contributed by atoms with Crippen LogP contribution in [0.1, 0.15) is 37.7 Å². The van der Waals surface area contributed by atoms with Gasteiger partial charge in [-0.05, 0) is 36.5 Å². The van der Waals surface area contributed by atoms with E-state index in [1.807, 2.05) is 12.1 Å². The topological polar surface area (TPSA) is 0 Å². The highest BCUT2D eigenvalue weighted by Crippen LogP contribution is 2.31. The molecule has 1 aliphatic rings. The van der Waals surface area contributed by atoms with Crippen LogP contribution in [0.4, 0.5) is 0 Å². The summed E-state index contributed by atoms with van der Waals surface area (Å²) in [4.78, 5) is 0.606. The summed E-state index contributed by atoms with van der Waals surface area (Å²) in [6, 6.07) is 8.21. The lowest BCUT2D eigenvalue weighted by atomic mass is 9.98. The third-order valence-corrected chi connectivity index (χ3v) is 4.34. The largest absolute Gasteiger partial charge is 0.0887 e. The van der Waals surface area contributed by atoms with Crippen molar-refractivity contribution >= 4 is 27.5 Å². The predicted octanol–water partition coefficient (Wildman–Crippen LogP) is 5.23. The molecule has 2 rings (SSSR count). The van der Waals surface area contributed by atoms with Crippen LogP contribution in [-0.2, 0) is 6.42 Å². The normalized spacial score (nSPS) is 18.9. The van der Waals surface area contributed by atoms with Crippen molar-refractivity contribution in [3.63, 3.8) is 0 Å². The third-order valence-electron chi connectivity index (χ3n) is 3.41. The van der Waals surface area contributed by atoms with E-state index in [-0.39, 0.29) is 0 Å². The molecule has 16 heavy (non-hydrogen) atoms. The van der Waals surface area contributed by atoms with E-state index in [4.69, 9.17) is 11.6 Å². The number of hydrogen-bond acceptors (Lipinski definition) is 0. The molecule has 0 aliphatic heterocycles. The molecule has 0 radical (unpaired) electrons. The Labute approximate surface area is 112 Å². The quantitative estimate of drug-likeness (QED) is 0.668. The minimum atomic E-state index is 0.606. The van der Waals surface area contributed by atoms with Crippen molar-refractivity contribution in [1.82, 2.24) is 0 Å². The molecule has 1 unspecified atom stereocenters. The maximum atomic E-state index is 5.98. The lowest BCUT2D eigenvalue weighted by Crippen LogP contribution is -2.08. The van der Waals surface area contributed by atoms with Gasteiger partial charge in [0.2, 0.25) is 0 Å². The molecular weight excluding hydrogens is 284 g/mol. The van der Waals surface area contributed by atoms with Gasteiger partial charge in [-0.3, -0.25) is 0 Å². The van der Waals surface area contributed by atoms with Crippen LogP contribution in [0.25, 0.3) is 0 Å². The Morgan fingerprint density at radius 3 is 2.75 bits per heavy atom. The zero-order valence-electron chi connectivity index (χ0n) is 9.46. The van der Waals surface area contributed by atoms with Crippen LogP contribution in [0.5, 0.6) is 0 Å². The van der Waals surface area contributed by atoms with E-state index in [1.54, 1.807) is 0 Å². The molecule has 1 fully saturated rings. The molecule has 1 atom stereocenters. The van der Waals surface area contributed by atoms with Crippen molar-refractivity contribution in [1.29, 1.82) is 0 Å². The Hall–Kier alpha value is -0.0100. The van der Waals surface area contributed by atoms with Gasteiger partial charge in [-0.1, -0.05) is 65.3 Å². The number of alkyl halides is 1. The van der Waals surface area contributed by atoms with E-state index >= 15 is 0 Å². The van der Waals surface area contributed by atoms with Crippen molar-refractivity contribution in [2.75, 3.05) is 0 Å². The standard InChI is InChI=1S/C14H18BrCl/c15-13(8-11-4-1-2-5-11)9-12-6-3-7-14(16)10-12/h3,6-7,10-11,13H,1-2,4-5,8-9H2. The molecule has 0 aromatic heterocycles. The van der Waals surface area contributed by atoms with Gasteiger partial charge in [0.1, 0.15) is 0 Å². The number of halogens is 2. The average Bonchev–Trinajstić information content (AvgIpc) is 2.70. The fourth-order valence-electron chi connectivity index (χ4n) is 2.61. The smallest absolute Gasteiger partial charge is 0.0408 e. The maximum absolute atomic E-state index is 5.98. The predicted molar refractivity (Wildman–Crippen MR) is 74.4 cm³/mol. The average molecular weight is 302 g/mol. The minimum Gasteiger partial charge on any atom is -0.0887 e. The molecule has 0 N–H and O–H groups in total. The number of hydrogen-bond donors (Lipinski definition) is 0. The van der Waals surface area contributed by atoms with E-state index in [9.17, 15) is 0 Å². The summed E-state index contributed by atoms with van der Waals surface area (Å²) < 4.78 is 0. The van der Waals surface area contributed by atoms with E-state index in [2.05, 4.69) is 28.1 Å². The Balaban J connectivity index is 1.84. The molecule has 1 aliphatic carbocycles. The molecule has 0 bridgehead atoms. The first-order valence-corrected chi connectivity index (χ1v) is 7.42. The third kappa shape index (κ3) is 3.78. The van der Waals surface area contributed by atoms with Gasteiger partial charge in [0.25, 0.3) is 0 Å². The molecule has 0 heterocycles. The fraction of sp³-hybridized carbons (Fsp3) is 0.571. The lowest BCUT2D eigenvalue weighted by Gasteiger charge is -2.14. The Morgan fingerprint density at radius 1 is 1.31 bits per heavy atom. The van der Waals surface area contributed by atoms with Crippen LogP contribution >= 0.6 is 27.5 Å². The van der Waals surface area contributed by atoms with Gasteiger partial charge >= 0.3 is 0 Å². The first-order valence-electron chi connectivity index (χ1n) is 6.12. The van der Waals surface area contributed by atoms with Crippen molar-refractivity contribution in [2.45, 2.75) is 43.4 Å². The Kier molecular flexibility index (Phi) is 4.72. The van der Waals surface area contributed by atoms with Crippen LogP contribution in [0.15, 0.2) is 24.3 Å². The zero-order valence-corrected chi connectivity index (χ0v) is 11.8. The highest BCUT2D eigenvalue weighted by atomic mass is 79.9. The lowest BCUT2D eigenvalue weighted by molar-refractivity contribution is 0.495. The number of rotatable bonds is 4. The highest BCUT2D eigenvalue weighted by molar-refractivity contribution is 9.09. The maximum Gasteiger partial charge on any atom is 0.0408 e. The molecule has 88 valence electrons. The van der Waals surface area contributed by atoms with Crippen LogP contribution < -0.4 is 0 Å². The van der Waals surface area contributed by atoms with Gasteiger partial charge in [-0.25, -0.2) is 0 Å². The molecule has 1 aromatic rings. The second-order valence-corrected chi connectivity index (χ2v) is 6.55. The van der Waals surface area contributed by atoms with Gasteiger partial charge in [-0.15, -0.1) is 0 Å². The van der Waals surface area contributed by atoms with E-state index in [0.29, 0.717) is 4.83 Å². The first-order chi connectivity index (χ1) is 7.74. The minimum absolute atomic E-state index is 0.606. The van der Waals surface area contributed by atoms with E-state index in [0.717, 1.165) is 17.4 Å². The summed E-state index contributed by atoms with van der Waals surface area (Å²) in [6.45, 7) is 0.